The molecule has 0 aliphatic carbocycles. The van der Waals surface area contributed by atoms with Crippen molar-refractivity contribution in [2.24, 2.45) is 0 Å². The van der Waals surface area contributed by atoms with Gasteiger partial charge in [0.1, 0.15) is 12.5 Å². The molecule has 3 aromatic rings. The van der Waals surface area contributed by atoms with E-state index in [1.165, 1.54) is 16.5 Å². The Kier molecular flexibility index (Phi) is 3.54. The summed E-state index contributed by atoms with van der Waals surface area (Å²) in [7, 11) is 0. The number of aromatic nitrogens is 1. The van der Waals surface area contributed by atoms with E-state index >= 15 is 0 Å². The summed E-state index contributed by atoms with van der Waals surface area (Å²) in [6.45, 7) is 8.13. The highest BCUT2D eigenvalue weighted by Gasteiger charge is 2.23. The quantitative estimate of drug-likeness (QED) is 0.710. The van der Waals surface area contributed by atoms with Crippen molar-refractivity contribution in [3.63, 3.8) is 0 Å². The van der Waals surface area contributed by atoms with Gasteiger partial charge in [-0.25, -0.2) is 0 Å². The second-order valence-electron chi connectivity index (χ2n) is 7.39. The Bertz CT molecular complexity index is 904. The molecule has 0 radical (unpaired) electrons. The molecular weight excluding hydrogens is 296 g/mol. The van der Waals surface area contributed by atoms with Crippen LogP contribution in [0.2, 0.25) is 0 Å². The molecule has 3 heteroatoms. The van der Waals surface area contributed by atoms with Crippen LogP contribution in [0.25, 0.3) is 21.9 Å². The molecule has 2 aromatic carbocycles. The Morgan fingerprint density at radius 1 is 1.04 bits per heavy atom. The highest BCUT2D eigenvalue weighted by molar-refractivity contribution is 5.97. The van der Waals surface area contributed by atoms with E-state index in [0.29, 0.717) is 6.73 Å². The Labute approximate surface area is 142 Å². The van der Waals surface area contributed by atoms with Gasteiger partial charge in [0.2, 0.25) is 0 Å². The number of hydrogen-bond donors (Lipinski definition) is 1. The first-order valence-electron chi connectivity index (χ1n) is 8.38. The van der Waals surface area contributed by atoms with Gasteiger partial charge in [-0.3, -0.25) is 10.3 Å². The maximum absolute atomic E-state index is 5.99. The minimum Gasteiger partial charge on any atom is -0.477 e. The second-order valence-corrected chi connectivity index (χ2v) is 7.39. The number of pyridine rings is 1. The van der Waals surface area contributed by atoms with Crippen molar-refractivity contribution in [3.8, 4) is 16.9 Å². The number of fused-ring (bicyclic) bond motifs is 2. The zero-order valence-electron chi connectivity index (χ0n) is 14.4. The Morgan fingerprint density at radius 2 is 1.88 bits per heavy atom. The van der Waals surface area contributed by atoms with E-state index in [1.807, 2.05) is 12.4 Å². The molecule has 2 heterocycles. The summed E-state index contributed by atoms with van der Waals surface area (Å²) in [6, 6.07) is 12.9. The molecular formula is C21H22N2O. The smallest absolute Gasteiger partial charge is 0.139 e. The standard InChI is InChI=1S/C21H22N2O/c1-21(2,3)16-8-15-11-23-13-24-20(15)18(9-16)19-12-22-10-14-6-4-5-7-17(14)19/h4-10,12,23H,11,13H2,1-3H3. The van der Waals surface area contributed by atoms with Crippen molar-refractivity contribution in [3.05, 3.63) is 59.9 Å². The SMILES string of the molecule is CC(C)(C)c1cc2c(c(-c3cncc4ccccc34)c1)OCNC2. The van der Waals surface area contributed by atoms with E-state index in [4.69, 9.17) is 4.74 Å². The Balaban J connectivity index is 2.03. The highest BCUT2D eigenvalue weighted by atomic mass is 16.5. The number of nitrogens with zero attached hydrogens (tertiary/aromatic N) is 1. The lowest BCUT2D eigenvalue weighted by Gasteiger charge is -2.27. The number of rotatable bonds is 1. The van der Waals surface area contributed by atoms with Gasteiger partial charge in [0.15, 0.2) is 0 Å². The third-order valence-corrected chi connectivity index (χ3v) is 4.62. The number of nitrogens with one attached hydrogen (secondary N) is 1. The minimum absolute atomic E-state index is 0.0826. The fourth-order valence-corrected chi connectivity index (χ4v) is 3.26. The summed E-state index contributed by atoms with van der Waals surface area (Å²) < 4.78 is 5.99. The predicted octanol–water partition coefficient (Wildman–Crippen LogP) is 4.64. The maximum atomic E-state index is 5.99. The normalized spacial score (nSPS) is 14.3. The Hall–Kier alpha value is -2.39. The third-order valence-electron chi connectivity index (χ3n) is 4.62. The molecule has 1 aromatic heterocycles. The van der Waals surface area contributed by atoms with Crippen molar-refractivity contribution in [2.45, 2.75) is 32.7 Å². The van der Waals surface area contributed by atoms with E-state index in [-0.39, 0.29) is 5.41 Å². The average Bonchev–Trinajstić information content (AvgIpc) is 2.59. The first kappa shape index (κ1) is 15.2. The van der Waals surface area contributed by atoms with Crippen LogP contribution in [0.5, 0.6) is 5.75 Å². The van der Waals surface area contributed by atoms with Crippen LogP contribution >= 0.6 is 0 Å². The zero-order chi connectivity index (χ0) is 16.7. The molecule has 0 spiro atoms. The lowest BCUT2D eigenvalue weighted by atomic mass is 9.83. The van der Waals surface area contributed by atoms with Gasteiger partial charge in [0.25, 0.3) is 0 Å². The fraction of sp³-hybridized carbons (Fsp3) is 0.286. The largest absolute Gasteiger partial charge is 0.477 e. The molecule has 3 nitrogen and oxygen atoms in total. The summed E-state index contributed by atoms with van der Waals surface area (Å²) in [4.78, 5) is 4.46. The molecule has 0 saturated heterocycles. The number of benzene rings is 2. The second kappa shape index (κ2) is 5.60. The first-order chi connectivity index (χ1) is 11.5. The van der Waals surface area contributed by atoms with Crippen molar-refractivity contribution >= 4 is 10.8 Å². The summed E-state index contributed by atoms with van der Waals surface area (Å²) in [5, 5.41) is 5.66. The van der Waals surface area contributed by atoms with E-state index < -0.39 is 0 Å². The van der Waals surface area contributed by atoms with Crippen LogP contribution in [-0.4, -0.2) is 11.7 Å². The molecule has 1 aliphatic heterocycles. The van der Waals surface area contributed by atoms with Crippen LogP contribution in [0.15, 0.2) is 48.8 Å². The van der Waals surface area contributed by atoms with Crippen molar-refractivity contribution in [1.29, 1.82) is 0 Å². The van der Waals surface area contributed by atoms with Crippen molar-refractivity contribution in [1.82, 2.24) is 10.3 Å². The van der Waals surface area contributed by atoms with Gasteiger partial charge in [0.05, 0.1) is 0 Å². The molecule has 0 amide bonds. The van der Waals surface area contributed by atoms with E-state index in [0.717, 1.165) is 28.8 Å². The third kappa shape index (κ3) is 2.55. The van der Waals surface area contributed by atoms with Crippen LogP contribution in [0.4, 0.5) is 0 Å². The van der Waals surface area contributed by atoms with Crippen LogP contribution in [-0.2, 0) is 12.0 Å². The average molecular weight is 318 g/mol. The van der Waals surface area contributed by atoms with E-state index in [1.54, 1.807) is 0 Å². The summed E-state index contributed by atoms with van der Waals surface area (Å²) in [5.41, 5.74) is 4.90. The van der Waals surface area contributed by atoms with Crippen LogP contribution in [0, 0.1) is 0 Å². The first-order valence-corrected chi connectivity index (χ1v) is 8.38. The molecule has 122 valence electrons. The van der Waals surface area contributed by atoms with Gasteiger partial charge in [-0.1, -0.05) is 51.1 Å². The molecule has 0 unspecified atom stereocenters. The van der Waals surface area contributed by atoms with Gasteiger partial charge in [0, 0.05) is 41.0 Å². The lowest BCUT2D eigenvalue weighted by molar-refractivity contribution is 0.258. The van der Waals surface area contributed by atoms with Gasteiger partial charge < -0.3 is 4.74 Å². The maximum Gasteiger partial charge on any atom is 0.139 e. The molecule has 0 bridgehead atoms. The van der Waals surface area contributed by atoms with Gasteiger partial charge >= 0.3 is 0 Å². The topological polar surface area (TPSA) is 34.1 Å². The van der Waals surface area contributed by atoms with Gasteiger partial charge in [-0.2, -0.15) is 0 Å². The van der Waals surface area contributed by atoms with Gasteiger partial charge in [-0.05, 0) is 22.4 Å². The minimum atomic E-state index is 0.0826. The van der Waals surface area contributed by atoms with Crippen LogP contribution in [0.3, 0.4) is 0 Å². The zero-order valence-corrected chi connectivity index (χ0v) is 14.4. The highest BCUT2D eigenvalue weighted by Crippen LogP contribution is 2.41. The van der Waals surface area contributed by atoms with Crippen LogP contribution < -0.4 is 10.1 Å². The fourth-order valence-electron chi connectivity index (χ4n) is 3.26. The van der Waals surface area contributed by atoms with Gasteiger partial charge in [-0.15, -0.1) is 0 Å². The number of hydrogen-bond acceptors (Lipinski definition) is 3. The summed E-state index contributed by atoms with van der Waals surface area (Å²) in [6.07, 6.45) is 3.87. The van der Waals surface area contributed by atoms with Crippen molar-refractivity contribution < 1.29 is 4.74 Å². The molecule has 0 fully saturated rings. The van der Waals surface area contributed by atoms with E-state index in [2.05, 4.69) is 67.5 Å². The monoisotopic (exact) mass is 318 g/mol. The predicted molar refractivity (Wildman–Crippen MR) is 98.2 cm³/mol. The summed E-state index contributed by atoms with van der Waals surface area (Å²) >= 11 is 0. The molecule has 0 saturated carbocycles. The van der Waals surface area contributed by atoms with Crippen LogP contribution in [0.1, 0.15) is 31.9 Å². The Morgan fingerprint density at radius 3 is 2.71 bits per heavy atom. The van der Waals surface area contributed by atoms with Crippen molar-refractivity contribution in [2.75, 3.05) is 6.73 Å². The molecule has 1 N–H and O–H groups in total. The lowest BCUT2D eigenvalue weighted by Crippen LogP contribution is -2.26. The molecule has 24 heavy (non-hydrogen) atoms. The molecule has 1 aliphatic rings. The molecule has 0 atom stereocenters. The molecule has 4 rings (SSSR count). The van der Waals surface area contributed by atoms with E-state index in [9.17, 15) is 0 Å². The number of ether oxygens (including phenoxy) is 1. The summed E-state index contributed by atoms with van der Waals surface area (Å²) in [5.74, 6) is 0.986.